The fourth-order valence-corrected chi connectivity index (χ4v) is 4.43. The molecule has 3 rings (SSSR count). The highest BCUT2D eigenvalue weighted by Crippen LogP contribution is 2.23. The van der Waals surface area contributed by atoms with Crippen LogP contribution in [0.25, 0.3) is 0 Å². The Morgan fingerprint density at radius 1 is 1.12 bits per heavy atom. The number of hydrogen-bond acceptors (Lipinski definition) is 5. The first kappa shape index (κ1) is 18.3. The van der Waals surface area contributed by atoms with Gasteiger partial charge in [-0.3, -0.25) is 4.79 Å². The van der Waals surface area contributed by atoms with Gasteiger partial charge in [-0.15, -0.1) is 0 Å². The molecule has 0 saturated carbocycles. The average molecular weight is 374 g/mol. The van der Waals surface area contributed by atoms with Gasteiger partial charge in [-0.25, -0.2) is 13.4 Å². The van der Waals surface area contributed by atoms with E-state index in [1.54, 1.807) is 18.3 Å². The second kappa shape index (κ2) is 7.84. The number of anilines is 2. The highest BCUT2D eigenvalue weighted by molar-refractivity contribution is 7.89. The Balaban J connectivity index is 1.61. The van der Waals surface area contributed by atoms with Crippen LogP contribution in [0, 0.1) is 0 Å². The van der Waals surface area contributed by atoms with E-state index in [9.17, 15) is 13.2 Å². The van der Waals surface area contributed by atoms with Crippen molar-refractivity contribution in [1.82, 2.24) is 9.29 Å². The Labute approximate surface area is 153 Å². The van der Waals surface area contributed by atoms with Crippen LogP contribution in [0.1, 0.15) is 19.8 Å². The van der Waals surface area contributed by atoms with Gasteiger partial charge < -0.3 is 10.6 Å². The second-order valence-corrected chi connectivity index (χ2v) is 8.18. The molecule has 1 aromatic heterocycles. The van der Waals surface area contributed by atoms with Gasteiger partial charge in [0.05, 0.1) is 4.90 Å². The maximum absolute atomic E-state index is 12.8. The fourth-order valence-electron chi connectivity index (χ4n) is 2.96. The third-order valence-corrected chi connectivity index (χ3v) is 6.20. The van der Waals surface area contributed by atoms with Gasteiger partial charge in [0.15, 0.2) is 0 Å². The predicted molar refractivity (Wildman–Crippen MR) is 100 cm³/mol. The summed E-state index contributed by atoms with van der Waals surface area (Å²) in [5.74, 6) is 0.616. The monoisotopic (exact) mass is 374 g/mol. The molecular formula is C18H22N4O3S. The number of piperidine rings is 1. The van der Waals surface area contributed by atoms with Gasteiger partial charge in [0.1, 0.15) is 5.82 Å². The topological polar surface area (TPSA) is 91.4 Å². The van der Waals surface area contributed by atoms with E-state index in [1.807, 2.05) is 18.2 Å². The van der Waals surface area contributed by atoms with Crippen LogP contribution in [0.15, 0.2) is 53.6 Å². The Kier molecular flexibility index (Phi) is 5.53. The predicted octanol–water partition coefficient (Wildman–Crippen LogP) is 2.31. The van der Waals surface area contributed by atoms with E-state index in [4.69, 9.17) is 0 Å². The van der Waals surface area contributed by atoms with E-state index in [-0.39, 0.29) is 16.8 Å². The van der Waals surface area contributed by atoms with Crippen molar-refractivity contribution in [3.63, 3.8) is 0 Å². The molecular weight excluding hydrogens is 352 g/mol. The number of carbonyl (C=O) groups excluding carboxylic acids is 1. The van der Waals surface area contributed by atoms with Crippen LogP contribution in [-0.4, -0.2) is 42.7 Å². The van der Waals surface area contributed by atoms with Crippen molar-refractivity contribution in [3.05, 3.63) is 48.7 Å². The van der Waals surface area contributed by atoms with Crippen molar-refractivity contribution in [3.8, 4) is 0 Å². The Hall–Kier alpha value is -2.45. The summed E-state index contributed by atoms with van der Waals surface area (Å²) < 4.78 is 27.1. The lowest BCUT2D eigenvalue weighted by molar-refractivity contribution is -0.114. The average Bonchev–Trinajstić information content (AvgIpc) is 2.63. The summed E-state index contributed by atoms with van der Waals surface area (Å²) in [6.45, 7) is 2.33. The first-order valence-corrected chi connectivity index (χ1v) is 9.94. The van der Waals surface area contributed by atoms with Crippen LogP contribution in [0.3, 0.4) is 0 Å². The molecule has 7 nitrogen and oxygen atoms in total. The van der Waals surface area contributed by atoms with E-state index in [0.29, 0.717) is 18.8 Å². The van der Waals surface area contributed by atoms with Crippen LogP contribution in [0.5, 0.6) is 0 Å². The Morgan fingerprint density at radius 3 is 2.38 bits per heavy atom. The summed E-state index contributed by atoms with van der Waals surface area (Å²) >= 11 is 0. The molecule has 26 heavy (non-hydrogen) atoms. The van der Waals surface area contributed by atoms with Crippen LogP contribution in [0.4, 0.5) is 11.5 Å². The van der Waals surface area contributed by atoms with Crippen LogP contribution < -0.4 is 10.6 Å². The number of nitrogens with zero attached hydrogens (tertiary/aromatic N) is 2. The number of aromatic nitrogens is 1. The van der Waals surface area contributed by atoms with E-state index >= 15 is 0 Å². The van der Waals surface area contributed by atoms with E-state index in [2.05, 4.69) is 15.6 Å². The van der Waals surface area contributed by atoms with Gasteiger partial charge in [0, 0.05) is 37.9 Å². The SMILES string of the molecule is CC(=O)Nc1ccc(S(=O)(=O)N2CCC(Nc3ccccn3)CC2)cc1. The van der Waals surface area contributed by atoms with Gasteiger partial charge in [0.25, 0.3) is 0 Å². The molecule has 1 fully saturated rings. The molecule has 0 atom stereocenters. The molecule has 0 spiro atoms. The van der Waals surface area contributed by atoms with Gasteiger partial charge in [-0.1, -0.05) is 6.07 Å². The molecule has 8 heteroatoms. The Morgan fingerprint density at radius 2 is 1.81 bits per heavy atom. The molecule has 1 aromatic carbocycles. The number of pyridine rings is 1. The molecule has 1 amide bonds. The zero-order chi connectivity index (χ0) is 18.6. The van der Waals surface area contributed by atoms with Crippen molar-refractivity contribution in [2.24, 2.45) is 0 Å². The van der Waals surface area contributed by atoms with E-state index < -0.39 is 10.0 Å². The minimum atomic E-state index is -3.53. The normalized spacial score (nSPS) is 16.2. The summed E-state index contributed by atoms with van der Waals surface area (Å²) in [6, 6.07) is 12.1. The second-order valence-electron chi connectivity index (χ2n) is 6.24. The zero-order valence-electron chi connectivity index (χ0n) is 14.6. The minimum absolute atomic E-state index is 0.192. The molecule has 2 heterocycles. The molecule has 2 aromatic rings. The summed E-state index contributed by atoms with van der Waals surface area (Å²) in [5.41, 5.74) is 0.578. The van der Waals surface area contributed by atoms with Crippen LogP contribution in [0.2, 0.25) is 0 Å². The molecule has 2 N–H and O–H groups in total. The number of carbonyl (C=O) groups is 1. The third-order valence-electron chi connectivity index (χ3n) is 4.28. The van der Waals surface area contributed by atoms with Crippen LogP contribution in [-0.2, 0) is 14.8 Å². The number of sulfonamides is 1. The summed E-state index contributed by atoms with van der Waals surface area (Å²) in [5, 5.41) is 5.98. The van der Waals surface area contributed by atoms with Gasteiger partial charge in [-0.05, 0) is 49.2 Å². The lowest BCUT2D eigenvalue weighted by atomic mass is 10.1. The number of rotatable bonds is 5. The smallest absolute Gasteiger partial charge is 0.243 e. The number of amides is 1. The molecule has 0 unspecified atom stereocenters. The van der Waals surface area contributed by atoms with Crippen molar-refractivity contribution in [2.45, 2.75) is 30.7 Å². The highest BCUT2D eigenvalue weighted by Gasteiger charge is 2.29. The van der Waals surface area contributed by atoms with Crippen molar-refractivity contribution >= 4 is 27.4 Å². The maximum Gasteiger partial charge on any atom is 0.243 e. The standard InChI is InChI=1S/C18H22N4O3S/c1-14(23)20-15-5-7-17(8-6-15)26(24,25)22-12-9-16(10-13-22)21-18-4-2-3-11-19-18/h2-8,11,16H,9-10,12-13H2,1H3,(H,19,21)(H,20,23). The quantitative estimate of drug-likeness (QED) is 0.838. The minimum Gasteiger partial charge on any atom is -0.367 e. The first-order chi connectivity index (χ1) is 12.4. The number of hydrogen-bond donors (Lipinski definition) is 2. The van der Waals surface area contributed by atoms with Gasteiger partial charge in [-0.2, -0.15) is 4.31 Å². The maximum atomic E-state index is 12.8. The molecule has 1 aliphatic rings. The fraction of sp³-hybridized carbons (Fsp3) is 0.333. The summed E-state index contributed by atoms with van der Waals surface area (Å²) in [7, 11) is -3.53. The zero-order valence-corrected chi connectivity index (χ0v) is 15.4. The lowest BCUT2D eigenvalue weighted by Crippen LogP contribution is -2.42. The van der Waals surface area contributed by atoms with Crippen molar-refractivity contribution < 1.29 is 13.2 Å². The number of benzene rings is 1. The van der Waals surface area contributed by atoms with Crippen molar-refractivity contribution in [1.29, 1.82) is 0 Å². The molecule has 1 saturated heterocycles. The van der Waals surface area contributed by atoms with Crippen molar-refractivity contribution in [2.75, 3.05) is 23.7 Å². The summed E-state index contributed by atoms with van der Waals surface area (Å²) in [6.07, 6.45) is 3.17. The molecule has 138 valence electrons. The number of nitrogens with one attached hydrogen (secondary N) is 2. The van der Waals surface area contributed by atoms with E-state index in [1.165, 1.54) is 23.4 Å². The molecule has 0 aliphatic carbocycles. The van der Waals surface area contributed by atoms with Gasteiger partial charge in [0.2, 0.25) is 15.9 Å². The highest BCUT2D eigenvalue weighted by atomic mass is 32.2. The summed E-state index contributed by atoms with van der Waals surface area (Å²) in [4.78, 5) is 15.5. The molecule has 0 radical (unpaired) electrons. The largest absolute Gasteiger partial charge is 0.367 e. The first-order valence-electron chi connectivity index (χ1n) is 8.50. The van der Waals surface area contributed by atoms with Crippen LogP contribution >= 0.6 is 0 Å². The lowest BCUT2D eigenvalue weighted by Gasteiger charge is -2.31. The molecule has 1 aliphatic heterocycles. The molecule has 0 bridgehead atoms. The third kappa shape index (κ3) is 4.39. The van der Waals surface area contributed by atoms with Gasteiger partial charge >= 0.3 is 0 Å². The van der Waals surface area contributed by atoms with E-state index in [0.717, 1.165) is 18.7 Å². The Bertz CT molecular complexity index is 846.